The molecule has 3 aromatic rings. The maximum Gasteiger partial charge on any atom is 0.251 e. The first kappa shape index (κ1) is 18.4. The third-order valence-electron chi connectivity index (χ3n) is 4.89. The van der Waals surface area contributed by atoms with Gasteiger partial charge in [0.15, 0.2) is 0 Å². The lowest BCUT2D eigenvalue weighted by Gasteiger charge is -2.33. The summed E-state index contributed by atoms with van der Waals surface area (Å²) in [6.07, 6.45) is 5.34. The van der Waals surface area contributed by atoms with Gasteiger partial charge in [0.2, 0.25) is 0 Å². The normalized spacial score (nSPS) is 17.4. The molecular weight excluding hydrogens is 352 g/mol. The van der Waals surface area contributed by atoms with Gasteiger partial charge in [0.1, 0.15) is 0 Å². The number of carbonyl (C=O) groups excluding carboxylic acids is 1. The van der Waals surface area contributed by atoms with E-state index >= 15 is 0 Å². The summed E-state index contributed by atoms with van der Waals surface area (Å²) in [5.41, 5.74) is 2.91. The van der Waals surface area contributed by atoms with E-state index in [2.05, 4.69) is 39.5 Å². The smallest absolute Gasteiger partial charge is 0.251 e. The lowest BCUT2D eigenvalue weighted by Crippen LogP contribution is -2.47. The zero-order valence-electron chi connectivity index (χ0n) is 15.7. The first-order chi connectivity index (χ1) is 13.8. The standard InChI is InChI=1S/C22H24N4O2/c27-22(19-6-8-20(9-7-19)26-11-10-23-17-26)24-14-21-16-25(12-13-28-21)15-18-4-2-1-3-5-18/h1-11,17,21H,12-16H2,(H,24,27). The summed E-state index contributed by atoms with van der Waals surface area (Å²) in [7, 11) is 0. The molecule has 144 valence electrons. The van der Waals surface area contributed by atoms with Gasteiger partial charge in [-0.3, -0.25) is 9.69 Å². The highest BCUT2D eigenvalue weighted by Gasteiger charge is 2.21. The van der Waals surface area contributed by atoms with Crippen LogP contribution in [0.15, 0.2) is 73.3 Å². The van der Waals surface area contributed by atoms with Crippen molar-refractivity contribution in [3.8, 4) is 5.69 Å². The predicted octanol–water partition coefficient (Wildman–Crippen LogP) is 2.50. The van der Waals surface area contributed by atoms with Crippen molar-refractivity contribution in [3.63, 3.8) is 0 Å². The number of aromatic nitrogens is 2. The molecule has 0 spiro atoms. The number of morpholine rings is 1. The van der Waals surface area contributed by atoms with E-state index in [1.807, 2.05) is 41.1 Å². The highest BCUT2D eigenvalue weighted by Crippen LogP contribution is 2.11. The molecule has 0 radical (unpaired) electrons. The molecule has 2 heterocycles. The van der Waals surface area contributed by atoms with Crippen molar-refractivity contribution in [3.05, 3.63) is 84.4 Å². The first-order valence-corrected chi connectivity index (χ1v) is 9.52. The van der Waals surface area contributed by atoms with Gasteiger partial charge in [0, 0.05) is 49.8 Å². The van der Waals surface area contributed by atoms with E-state index in [0.29, 0.717) is 18.7 Å². The Kier molecular flexibility index (Phi) is 5.80. The molecule has 1 N–H and O–H groups in total. The predicted molar refractivity (Wildman–Crippen MR) is 107 cm³/mol. The number of benzene rings is 2. The van der Waals surface area contributed by atoms with Crippen LogP contribution < -0.4 is 5.32 Å². The van der Waals surface area contributed by atoms with Crippen molar-refractivity contribution in [1.29, 1.82) is 0 Å². The van der Waals surface area contributed by atoms with Gasteiger partial charge < -0.3 is 14.6 Å². The van der Waals surface area contributed by atoms with Gasteiger partial charge in [-0.05, 0) is 29.8 Å². The summed E-state index contributed by atoms with van der Waals surface area (Å²) in [5.74, 6) is -0.0824. The van der Waals surface area contributed by atoms with Crippen molar-refractivity contribution < 1.29 is 9.53 Å². The number of rotatable bonds is 6. The van der Waals surface area contributed by atoms with Gasteiger partial charge >= 0.3 is 0 Å². The van der Waals surface area contributed by atoms with Crippen LogP contribution in [0.5, 0.6) is 0 Å². The molecule has 6 heteroatoms. The van der Waals surface area contributed by atoms with Gasteiger partial charge in [-0.1, -0.05) is 30.3 Å². The quantitative estimate of drug-likeness (QED) is 0.718. The van der Waals surface area contributed by atoms with E-state index in [9.17, 15) is 4.79 Å². The van der Waals surface area contributed by atoms with Crippen LogP contribution in [0.25, 0.3) is 5.69 Å². The van der Waals surface area contributed by atoms with E-state index in [0.717, 1.165) is 25.3 Å². The molecule has 1 unspecified atom stereocenters. The average molecular weight is 376 g/mol. The monoisotopic (exact) mass is 376 g/mol. The number of nitrogens with zero attached hydrogens (tertiary/aromatic N) is 3. The molecule has 1 atom stereocenters. The van der Waals surface area contributed by atoms with Gasteiger partial charge in [-0.2, -0.15) is 0 Å². The van der Waals surface area contributed by atoms with Crippen molar-refractivity contribution in [1.82, 2.24) is 19.8 Å². The molecule has 1 amide bonds. The second-order valence-electron chi connectivity index (χ2n) is 6.94. The van der Waals surface area contributed by atoms with Crippen LogP contribution in [0, 0.1) is 0 Å². The summed E-state index contributed by atoms with van der Waals surface area (Å²) in [4.78, 5) is 18.9. The summed E-state index contributed by atoms with van der Waals surface area (Å²) >= 11 is 0. The second-order valence-corrected chi connectivity index (χ2v) is 6.94. The second kappa shape index (κ2) is 8.82. The molecule has 1 fully saturated rings. The molecular formula is C22H24N4O2. The first-order valence-electron chi connectivity index (χ1n) is 9.52. The maximum absolute atomic E-state index is 12.5. The number of imidazole rings is 1. The molecule has 0 saturated carbocycles. The molecule has 4 rings (SSSR count). The van der Waals surface area contributed by atoms with Crippen LogP contribution >= 0.6 is 0 Å². The Balaban J connectivity index is 1.28. The molecule has 2 aromatic carbocycles. The Morgan fingerprint density at radius 3 is 2.71 bits per heavy atom. The third-order valence-corrected chi connectivity index (χ3v) is 4.89. The largest absolute Gasteiger partial charge is 0.374 e. The number of ether oxygens (including phenoxy) is 1. The van der Waals surface area contributed by atoms with E-state index in [1.54, 1.807) is 12.5 Å². The number of nitrogens with one attached hydrogen (secondary N) is 1. The number of amides is 1. The Morgan fingerprint density at radius 2 is 1.96 bits per heavy atom. The molecule has 1 aliphatic rings. The summed E-state index contributed by atoms with van der Waals surface area (Å²) < 4.78 is 7.74. The molecule has 28 heavy (non-hydrogen) atoms. The molecule has 0 bridgehead atoms. The SMILES string of the molecule is O=C(NCC1CN(Cc2ccccc2)CCO1)c1ccc(-n2ccnc2)cc1. The Hall–Kier alpha value is -2.96. The summed E-state index contributed by atoms with van der Waals surface area (Å²) in [5, 5.41) is 3.00. The van der Waals surface area contributed by atoms with Crippen LogP contribution in [0.3, 0.4) is 0 Å². The topological polar surface area (TPSA) is 59.4 Å². The summed E-state index contributed by atoms with van der Waals surface area (Å²) in [6.45, 7) is 3.83. The van der Waals surface area contributed by atoms with Crippen molar-refractivity contribution in [2.24, 2.45) is 0 Å². The van der Waals surface area contributed by atoms with Crippen LogP contribution in [0.1, 0.15) is 15.9 Å². The van der Waals surface area contributed by atoms with Crippen molar-refractivity contribution in [2.45, 2.75) is 12.6 Å². The summed E-state index contributed by atoms with van der Waals surface area (Å²) in [6, 6.07) is 17.9. The van der Waals surface area contributed by atoms with E-state index in [-0.39, 0.29) is 12.0 Å². The molecule has 6 nitrogen and oxygen atoms in total. The minimum Gasteiger partial charge on any atom is -0.374 e. The van der Waals surface area contributed by atoms with Gasteiger partial charge in [0.05, 0.1) is 19.0 Å². The van der Waals surface area contributed by atoms with Gasteiger partial charge in [0.25, 0.3) is 5.91 Å². The lowest BCUT2D eigenvalue weighted by molar-refractivity contribution is -0.0292. The van der Waals surface area contributed by atoms with E-state index in [1.165, 1.54) is 5.56 Å². The maximum atomic E-state index is 12.5. The van der Waals surface area contributed by atoms with Crippen LogP contribution in [0.2, 0.25) is 0 Å². The van der Waals surface area contributed by atoms with Gasteiger partial charge in [-0.25, -0.2) is 4.98 Å². The van der Waals surface area contributed by atoms with Crippen molar-refractivity contribution in [2.75, 3.05) is 26.2 Å². The Labute approximate surface area is 164 Å². The van der Waals surface area contributed by atoms with Crippen LogP contribution in [0.4, 0.5) is 0 Å². The van der Waals surface area contributed by atoms with Crippen LogP contribution in [-0.2, 0) is 11.3 Å². The number of hydrogen-bond acceptors (Lipinski definition) is 4. The number of hydrogen-bond donors (Lipinski definition) is 1. The van der Waals surface area contributed by atoms with Gasteiger partial charge in [-0.15, -0.1) is 0 Å². The Morgan fingerprint density at radius 1 is 1.14 bits per heavy atom. The van der Waals surface area contributed by atoms with E-state index in [4.69, 9.17) is 4.74 Å². The average Bonchev–Trinajstić information content (AvgIpc) is 3.28. The zero-order chi connectivity index (χ0) is 19.2. The highest BCUT2D eigenvalue weighted by atomic mass is 16.5. The fourth-order valence-corrected chi connectivity index (χ4v) is 3.39. The number of carbonyl (C=O) groups is 1. The minimum atomic E-state index is -0.0824. The van der Waals surface area contributed by atoms with Crippen LogP contribution in [-0.4, -0.2) is 52.7 Å². The van der Waals surface area contributed by atoms with Crippen molar-refractivity contribution >= 4 is 5.91 Å². The molecule has 1 aromatic heterocycles. The lowest BCUT2D eigenvalue weighted by atomic mass is 10.1. The fraction of sp³-hybridized carbons (Fsp3) is 0.273. The highest BCUT2D eigenvalue weighted by molar-refractivity contribution is 5.94. The fourth-order valence-electron chi connectivity index (χ4n) is 3.39. The molecule has 1 aliphatic heterocycles. The zero-order valence-corrected chi connectivity index (χ0v) is 15.7. The molecule has 1 saturated heterocycles. The Bertz CT molecular complexity index is 879. The van der Waals surface area contributed by atoms with E-state index < -0.39 is 0 Å². The minimum absolute atomic E-state index is 0.00614. The molecule has 0 aliphatic carbocycles. The third kappa shape index (κ3) is 4.65.